The van der Waals surface area contributed by atoms with Crippen molar-refractivity contribution in [3.8, 4) is 0 Å². The first-order valence-electron chi connectivity index (χ1n) is 44.2. The molecule has 0 bridgehead atoms. The van der Waals surface area contributed by atoms with Gasteiger partial charge in [0.2, 0.25) is 0 Å². The summed E-state index contributed by atoms with van der Waals surface area (Å²) in [6.45, 7) is 4.86. The molecule has 97 heavy (non-hydrogen) atoms. The number of carboxylic acids is 1. The first-order chi connectivity index (χ1) is 47.6. The van der Waals surface area contributed by atoms with Crippen LogP contribution in [0.15, 0.2) is 0 Å². The predicted molar refractivity (Wildman–Crippen MR) is 417 cm³/mol. The maximum absolute atomic E-state index is 13.0. The Balaban J connectivity index is 3.88. The molecule has 0 aliphatic heterocycles. The summed E-state index contributed by atoms with van der Waals surface area (Å²) in [6, 6.07) is 0. The Labute approximate surface area is 606 Å². The zero-order chi connectivity index (χ0) is 70.4. The zero-order valence-electron chi connectivity index (χ0n) is 66.5. The number of likely N-dealkylation sites (N-methyl/N-ethyl adjacent to an activating group) is 1. The van der Waals surface area contributed by atoms with Crippen LogP contribution in [-0.4, -0.2) is 82.3 Å². The van der Waals surface area contributed by atoms with Gasteiger partial charge in [-0.25, -0.2) is 0 Å². The summed E-state index contributed by atoms with van der Waals surface area (Å²) in [5.74, 6) is -2.24. The molecule has 578 valence electrons. The topological polar surface area (TPSA) is 111 Å². The van der Waals surface area contributed by atoms with Crippen molar-refractivity contribution in [1.82, 2.24) is 0 Å². The summed E-state index contributed by atoms with van der Waals surface area (Å²) < 4.78 is 22.9. The second-order valence-electron chi connectivity index (χ2n) is 31.9. The third kappa shape index (κ3) is 81.5. The molecule has 0 aromatic rings. The molecule has 0 amide bonds. The first-order valence-corrected chi connectivity index (χ1v) is 44.2. The van der Waals surface area contributed by atoms with E-state index in [0.29, 0.717) is 17.4 Å². The van der Waals surface area contributed by atoms with Gasteiger partial charge in [0.25, 0.3) is 0 Å². The Hall–Kier alpha value is -1.71. The van der Waals surface area contributed by atoms with Gasteiger partial charge in [-0.1, -0.05) is 463 Å². The van der Waals surface area contributed by atoms with Crippen molar-refractivity contribution < 1.29 is 42.9 Å². The van der Waals surface area contributed by atoms with Crippen LogP contribution in [0.3, 0.4) is 0 Å². The lowest BCUT2D eigenvalue weighted by Gasteiger charge is -2.26. The van der Waals surface area contributed by atoms with Gasteiger partial charge < -0.3 is 33.3 Å². The minimum Gasteiger partial charge on any atom is -0.545 e. The summed E-state index contributed by atoms with van der Waals surface area (Å²) in [6.07, 6.45) is 97.1. The largest absolute Gasteiger partial charge is 0.545 e. The van der Waals surface area contributed by atoms with Crippen molar-refractivity contribution >= 4 is 17.9 Å². The molecule has 9 nitrogen and oxygen atoms in total. The highest BCUT2D eigenvalue weighted by molar-refractivity contribution is 5.70. The molecule has 2 atom stereocenters. The molecule has 0 heterocycles. The molecule has 0 saturated heterocycles. The molecular weight excluding hydrogens is 1200 g/mol. The average Bonchev–Trinajstić information content (AvgIpc) is 2.78. The van der Waals surface area contributed by atoms with E-state index in [1.54, 1.807) is 0 Å². The number of carbonyl (C=O) groups excluding carboxylic acids is 3. The van der Waals surface area contributed by atoms with Crippen molar-refractivity contribution in [2.45, 2.75) is 501 Å². The highest BCUT2D eigenvalue weighted by Crippen LogP contribution is 2.22. The van der Waals surface area contributed by atoms with Gasteiger partial charge in [-0.05, 0) is 12.8 Å². The number of unbranched alkanes of at least 4 members (excludes halogenated alkanes) is 70. The lowest BCUT2D eigenvalue weighted by molar-refractivity contribution is -0.870. The van der Waals surface area contributed by atoms with E-state index >= 15 is 0 Å². The maximum atomic E-state index is 13.0. The first kappa shape index (κ1) is 95.3. The van der Waals surface area contributed by atoms with E-state index in [1.807, 2.05) is 21.1 Å². The summed E-state index contributed by atoms with van der Waals surface area (Å²) in [5.41, 5.74) is 0. The molecule has 0 aliphatic carbocycles. The smallest absolute Gasteiger partial charge is 0.306 e. The second-order valence-corrected chi connectivity index (χ2v) is 31.9. The van der Waals surface area contributed by atoms with Gasteiger partial charge in [0.05, 0.1) is 40.3 Å². The minimum absolute atomic E-state index is 0.154. The van der Waals surface area contributed by atoms with Gasteiger partial charge in [0.1, 0.15) is 13.2 Å². The van der Waals surface area contributed by atoms with Crippen molar-refractivity contribution in [3.63, 3.8) is 0 Å². The average molecular weight is 1370 g/mol. The molecule has 2 unspecified atom stereocenters. The van der Waals surface area contributed by atoms with Crippen LogP contribution in [0.2, 0.25) is 0 Å². The molecule has 0 aliphatic rings. The van der Waals surface area contributed by atoms with Crippen molar-refractivity contribution in [2.75, 3.05) is 47.5 Å². The summed E-state index contributed by atoms with van der Waals surface area (Å²) in [7, 11) is 5.96. The van der Waals surface area contributed by atoms with Crippen molar-refractivity contribution in [1.29, 1.82) is 0 Å². The monoisotopic (exact) mass is 1370 g/mol. The van der Waals surface area contributed by atoms with E-state index in [9.17, 15) is 19.5 Å². The van der Waals surface area contributed by atoms with Crippen LogP contribution < -0.4 is 5.11 Å². The van der Waals surface area contributed by atoms with E-state index in [-0.39, 0.29) is 32.2 Å². The Bertz CT molecular complexity index is 1550. The number of aliphatic carboxylic acids is 1. The van der Waals surface area contributed by atoms with Gasteiger partial charge in [0, 0.05) is 12.8 Å². The highest BCUT2D eigenvalue weighted by Gasteiger charge is 2.22. The summed E-state index contributed by atoms with van der Waals surface area (Å²) in [4.78, 5) is 37.7. The SMILES string of the molecule is CCCCCCCCCCCCCCCCCCCCCCCCCCCCCCCCCCCCCCCCC(=O)OC(COC(=O)CCCCCCCCCCCCCCCCCCCCCCCCCCCCCCCCCCCC)COC(OCC[N+](C)(C)C)C(=O)[O-]. The Morgan fingerprint density at radius 2 is 0.464 bits per heavy atom. The normalized spacial score (nSPS) is 12.5. The number of hydrogen-bond acceptors (Lipinski definition) is 8. The molecule has 0 spiro atoms. The van der Waals surface area contributed by atoms with Crippen LogP contribution in [0.25, 0.3) is 0 Å². The number of hydrogen-bond donors (Lipinski definition) is 0. The standard InChI is InChI=1S/C88H173NO8/c1-6-8-10-12-14-16-18-20-22-24-26-28-30-32-34-36-38-40-42-43-44-45-47-49-51-53-55-57-59-61-63-65-67-69-71-73-75-77-79-86(91)97-84(83-96-88(87(92)93)94-81-80-89(3,4)5)82-95-85(90)78-76-74-72-70-68-66-64-62-60-58-56-54-52-50-48-46-41-39-37-35-33-31-29-27-25-23-21-19-17-15-13-11-9-7-2/h84,88H,6-83H2,1-5H3. The maximum Gasteiger partial charge on any atom is 0.306 e. The van der Waals surface area contributed by atoms with Crippen molar-refractivity contribution in [2.24, 2.45) is 0 Å². The van der Waals surface area contributed by atoms with Crippen LogP contribution in [0.1, 0.15) is 489 Å². The number of ether oxygens (including phenoxy) is 4. The quantitative estimate of drug-likeness (QED) is 0.0256. The molecule has 0 radical (unpaired) electrons. The van der Waals surface area contributed by atoms with Gasteiger partial charge >= 0.3 is 11.9 Å². The van der Waals surface area contributed by atoms with Gasteiger partial charge in [-0.15, -0.1) is 0 Å². The highest BCUT2D eigenvalue weighted by atomic mass is 16.7. The Morgan fingerprint density at radius 1 is 0.268 bits per heavy atom. The molecule has 0 saturated carbocycles. The van der Waals surface area contributed by atoms with Crippen LogP contribution in [-0.2, 0) is 33.3 Å². The third-order valence-electron chi connectivity index (χ3n) is 20.9. The zero-order valence-corrected chi connectivity index (χ0v) is 66.5. The lowest BCUT2D eigenvalue weighted by atomic mass is 10.0. The molecule has 9 heteroatoms. The van der Waals surface area contributed by atoms with E-state index < -0.39 is 24.3 Å². The Kier molecular flexibility index (Phi) is 78.6. The fourth-order valence-corrected chi connectivity index (χ4v) is 14.1. The molecule has 0 aromatic heterocycles. The molecule has 0 aromatic carbocycles. The fraction of sp³-hybridized carbons (Fsp3) is 0.966. The van der Waals surface area contributed by atoms with E-state index in [1.165, 1.54) is 424 Å². The second kappa shape index (κ2) is 80.0. The van der Waals surface area contributed by atoms with Gasteiger partial charge in [-0.3, -0.25) is 9.59 Å². The van der Waals surface area contributed by atoms with Crippen LogP contribution in [0, 0.1) is 0 Å². The molecular formula is C88H173NO8. The fourth-order valence-electron chi connectivity index (χ4n) is 14.1. The predicted octanol–water partition coefficient (Wildman–Crippen LogP) is 27.2. The lowest BCUT2D eigenvalue weighted by Crippen LogP contribution is -2.44. The summed E-state index contributed by atoms with van der Waals surface area (Å²) in [5, 5.41) is 11.9. The van der Waals surface area contributed by atoms with Crippen LogP contribution >= 0.6 is 0 Å². The number of nitrogens with zero attached hydrogens (tertiary/aromatic N) is 1. The van der Waals surface area contributed by atoms with Gasteiger partial charge in [0.15, 0.2) is 12.4 Å². The minimum atomic E-state index is -1.62. The number of rotatable bonds is 85. The molecule has 0 N–H and O–H groups in total. The van der Waals surface area contributed by atoms with Crippen LogP contribution in [0.5, 0.6) is 0 Å². The van der Waals surface area contributed by atoms with E-state index in [4.69, 9.17) is 18.9 Å². The number of esters is 2. The Morgan fingerprint density at radius 3 is 0.660 bits per heavy atom. The number of carboxylic acid groups (broad SMARTS) is 1. The van der Waals surface area contributed by atoms with Crippen molar-refractivity contribution in [3.05, 3.63) is 0 Å². The number of quaternary nitrogens is 1. The molecule has 0 fully saturated rings. The third-order valence-corrected chi connectivity index (χ3v) is 20.9. The van der Waals surface area contributed by atoms with Gasteiger partial charge in [-0.2, -0.15) is 0 Å². The van der Waals surface area contributed by atoms with E-state index in [0.717, 1.165) is 38.5 Å². The summed E-state index contributed by atoms with van der Waals surface area (Å²) >= 11 is 0. The number of carbonyl (C=O) groups is 3. The van der Waals surface area contributed by atoms with E-state index in [2.05, 4.69) is 13.8 Å². The molecule has 0 rings (SSSR count). The van der Waals surface area contributed by atoms with Crippen LogP contribution in [0.4, 0.5) is 0 Å².